The van der Waals surface area contributed by atoms with Crippen LogP contribution in [0, 0.1) is 0 Å². The van der Waals surface area contributed by atoms with Gasteiger partial charge in [0.15, 0.2) is 22.8 Å². The van der Waals surface area contributed by atoms with E-state index in [1.807, 2.05) is 0 Å². The zero-order chi connectivity index (χ0) is 17.7. The van der Waals surface area contributed by atoms with Crippen LogP contribution in [0.25, 0.3) is 5.65 Å². The number of aromatic amines is 2. The molecule has 9 nitrogen and oxygen atoms in total. The number of hydrogen-bond acceptors (Lipinski definition) is 6. The average molecular weight is 353 g/mol. The van der Waals surface area contributed by atoms with Gasteiger partial charge in [-0.3, -0.25) is 14.7 Å². The number of rotatable bonds is 2. The van der Waals surface area contributed by atoms with Gasteiger partial charge >= 0.3 is 0 Å². The normalized spacial score (nSPS) is 15.7. The molecule has 0 saturated carbocycles. The molecule has 0 saturated heterocycles. The molecule has 26 heavy (non-hydrogen) atoms. The lowest BCUT2D eigenvalue weighted by Crippen LogP contribution is -2.25. The fourth-order valence-electron chi connectivity index (χ4n) is 3.40. The van der Waals surface area contributed by atoms with Crippen LogP contribution in [0.5, 0.6) is 11.5 Å². The van der Waals surface area contributed by atoms with Crippen LogP contribution in [0.3, 0.4) is 0 Å². The Bertz CT molecular complexity index is 1170. The van der Waals surface area contributed by atoms with Crippen molar-refractivity contribution in [3.63, 3.8) is 0 Å². The second-order valence-electron chi connectivity index (χ2n) is 6.31. The SMILES string of the molecule is O=c1[nH]n2c(=O)c3c([nH]c2c1N=Nc1ccc2c(c1)OCO2)CCCC3. The van der Waals surface area contributed by atoms with Gasteiger partial charge in [0.05, 0.1) is 5.69 Å². The lowest BCUT2D eigenvalue weighted by molar-refractivity contribution is 0.174. The third kappa shape index (κ3) is 2.24. The number of benzene rings is 1. The highest BCUT2D eigenvalue weighted by Crippen LogP contribution is 2.35. The second kappa shape index (κ2) is 5.58. The predicted molar refractivity (Wildman–Crippen MR) is 92.0 cm³/mol. The maximum atomic E-state index is 12.6. The molecule has 0 radical (unpaired) electrons. The summed E-state index contributed by atoms with van der Waals surface area (Å²) in [5.74, 6) is 1.23. The summed E-state index contributed by atoms with van der Waals surface area (Å²) in [7, 11) is 0. The number of H-pyrrole nitrogens is 2. The van der Waals surface area contributed by atoms with E-state index in [0.29, 0.717) is 22.8 Å². The number of fused-ring (bicyclic) bond motifs is 3. The molecule has 0 unspecified atom stereocenters. The summed E-state index contributed by atoms with van der Waals surface area (Å²) in [5.41, 5.74) is 1.88. The summed E-state index contributed by atoms with van der Waals surface area (Å²) in [6, 6.07) is 5.13. The first-order valence-corrected chi connectivity index (χ1v) is 8.41. The third-order valence-electron chi connectivity index (χ3n) is 4.70. The maximum absolute atomic E-state index is 12.6. The topological polar surface area (TPSA) is 113 Å². The van der Waals surface area contributed by atoms with Crippen LogP contribution in [0.2, 0.25) is 0 Å². The van der Waals surface area contributed by atoms with Crippen LogP contribution in [-0.2, 0) is 12.8 Å². The fourth-order valence-corrected chi connectivity index (χ4v) is 3.40. The van der Waals surface area contributed by atoms with Crippen molar-refractivity contribution in [1.82, 2.24) is 14.6 Å². The summed E-state index contributed by atoms with van der Waals surface area (Å²) in [6.07, 6.45) is 3.50. The van der Waals surface area contributed by atoms with E-state index < -0.39 is 5.56 Å². The van der Waals surface area contributed by atoms with Gasteiger partial charge in [-0.05, 0) is 37.8 Å². The zero-order valence-corrected chi connectivity index (χ0v) is 13.7. The van der Waals surface area contributed by atoms with Crippen molar-refractivity contribution in [2.75, 3.05) is 6.79 Å². The van der Waals surface area contributed by atoms with E-state index in [1.165, 1.54) is 4.52 Å². The lowest BCUT2D eigenvalue weighted by Gasteiger charge is -2.14. The van der Waals surface area contributed by atoms with Gasteiger partial charge in [-0.15, -0.1) is 5.11 Å². The molecule has 0 atom stereocenters. The first kappa shape index (κ1) is 14.9. The van der Waals surface area contributed by atoms with Crippen molar-refractivity contribution in [2.24, 2.45) is 10.2 Å². The van der Waals surface area contributed by atoms with Gasteiger partial charge in [-0.1, -0.05) is 0 Å². The van der Waals surface area contributed by atoms with E-state index in [2.05, 4.69) is 20.3 Å². The Balaban J connectivity index is 1.61. The summed E-state index contributed by atoms with van der Waals surface area (Å²) in [5, 5.41) is 10.7. The molecule has 1 aliphatic carbocycles. The van der Waals surface area contributed by atoms with E-state index in [-0.39, 0.29) is 18.0 Å². The number of aromatic nitrogens is 3. The minimum Gasteiger partial charge on any atom is -0.454 e. The average Bonchev–Trinajstić information content (AvgIpc) is 3.24. The lowest BCUT2D eigenvalue weighted by atomic mass is 9.97. The summed E-state index contributed by atoms with van der Waals surface area (Å²) >= 11 is 0. The Hall–Kier alpha value is -3.36. The van der Waals surface area contributed by atoms with Crippen LogP contribution >= 0.6 is 0 Å². The number of nitrogens with one attached hydrogen (secondary N) is 2. The van der Waals surface area contributed by atoms with Crippen LogP contribution < -0.4 is 20.6 Å². The Labute approximate surface area is 146 Å². The molecule has 0 spiro atoms. The first-order valence-electron chi connectivity index (χ1n) is 8.41. The standard InChI is InChI=1S/C17H15N5O4/c23-16-14(20-19-9-5-6-12-13(7-9)26-8-25-12)15-18-11-4-2-1-3-10(11)17(24)22(15)21-16/h5-7,18H,1-4,8H2,(H,21,23). The highest BCUT2D eigenvalue weighted by Gasteiger charge is 2.20. The van der Waals surface area contributed by atoms with Crippen LogP contribution in [0.1, 0.15) is 24.1 Å². The molecule has 0 bridgehead atoms. The molecule has 0 amide bonds. The smallest absolute Gasteiger partial charge is 0.294 e. The molecule has 2 aliphatic rings. The van der Waals surface area contributed by atoms with E-state index in [9.17, 15) is 9.59 Å². The fraction of sp³-hybridized carbons (Fsp3) is 0.294. The molecule has 0 fully saturated rings. The van der Waals surface area contributed by atoms with Crippen LogP contribution in [0.4, 0.5) is 11.4 Å². The second-order valence-corrected chi connectivity index (χ2v) is 6.31. The Kier molecular flexibility index (Phi) is 3.21. The first-order chi connectivity index (χ1) is 12.7. The third-order valence-corrected chi connectivity index (χ3v) is 4.70. The van der Waals surface area contributed by atoms with E-state index in [1.54, 1.807) is 18.2 Å². The molecule has 3 heterocycles. The summed E-state index contributed by atoms with van der Waals surface area (Å²) in [4.78, 5) is 28.1. The molecular formula is C17H15N5O4. The minimum absolute atomic E-state index is 0.0770. The molecule has 2 N–H and O–H groups in total. The van der Waals surface area contributed by atoms with Gasteiger partial charge in [0.2, 0.25) is 6.79 Å². The summed E-state index contributed by atoms with van der Waals surface area (Å²) < 4.78 is 11.8. The van der Waals surface area contributed by atoms with Gasteiger partial charge in [0, 0.05) is 17.3 Å². The Morgan fingerprint density at radius 2 is 1.88 bits per heavy atom. The highest BCUT2D eigenvalue weighted by molar-refractivity contribution is 5.63. The largest absolute Gasteiger partial charge is 0.454 e. The molecule has 132 valence electrons. The monoisotopic (exact) mass is 353 g/mol. The van der Waals surface area contributed by atoms with Crippen molar-refractivity contribution in [3.05, 3.63) is 50.2 Å². The van der Waals surface area contributed by atoms with Gasteiger partial charge in [0.1, 0.15) is 0 Å². The molecular weight excluding hydrogens is 338 g/mol. The van der Waals surface area contributed by atoms with Crippen LogP contribution in [-0.4, -0.2) is 21.4 Å². The van der Waals surface area contributed by atoms with Crippen molar-refractivity contribution in [2.45, 2.75) is 25.7 Å². The van der Waals surface area contributed by atoms with Crippen molar-refractivity contribution in [3.8, 4) is 11.5 Å². The molecule has 2 aromatic heterocycles. The van der Waals surface area contributed by atoms with E-state index in [4.69, 9.17) is 9.47 Å². The van der Waals surface area contributed by atoms with Crippen molar-refractivity contribution < 1.29 is 9.47 Å². The summed E-state index contributed by atoms with van der Waals surface area (Å²) in [6.45, 7) is 0.173. The van der Waals surface area contributed by atoms with Gasteiger partial charge < -0.3 is 14.5 Å². The van der Waals surface area contributed by atoms with E-state index >= 15 is 0 Å². The maximum Gasteiger partial charge on any atom is 0.294 e. The number of aryl methyl sites for hydroxylation is 1. The molecule has 3 aromatic rings. The van der Waals surface area contributed by atoms with E-state index in [0.717, 1.165) is 36.9 Å². The highest BCUT2D eigenvalue weighted by atomic mass is 16.7. The molecule has 1 aliphatic heterocycles. The number of nitrogens with zero attached hydrogens (tertiary/aromatic N) is 3. The quantitative estimate of drug-likeness (QED) is 0.688. The Morgan fingerprint density at radius 3 is 2.81 bits per heavy atom. The molecule has 5 rings (SSSR count). The Morgan fingerprint density at radius 1 is 1.04 bits per heavy atom. The van der Waals surface area contributed by atoms with Crippen molar-refractivity contribution >= 4 is 17.0 Å². The minimum atomic E-state index is -0.467. The number of azo groups is 1. The van der Waals surface area contributed by atoms with Gasteiger partial charge in [-0.25, -0.2) is 0 Å². The van der Waals surface area contributed by atoms with Gasteiger partial charge in [0.25, 0.3) is 11.1 Å². The van der Waals surface area contributed by atoms with Crippen molar-refractivity contribution in [1.29, 1.82) is 0 Å². The number of hydrogen-bond donors (Lipinski definition) is 2. The molecule has 1 aromatic carbocycles. The molecule has 9 heteroatoms. The van der Waals surface area contributed by atoms with Crippen LogP contribution in [0.15, 0.2) is 38.0 Å². The zero-order valence-electron chi connectivity index (χ0n) is 13.7. The number of ether oxygens (including phenoxy) is 2. The predicted octanol–water partition coefficient (Wildman–Crippen LogP) is 2.34. The van der Waals surface area contributed by atoms with Gasteiger partial charge in [-0.2, -0.15) is 9.63 Å².